The first-order valence-electron chi connectivity index (χ1n) is 6.83. The van der Waals surface area contributed by atoms with Crippen molar-refractivity contribution >= 4 is 17.3 Å². The Morgan fingerprint density at radius 1 is 1.23 bits per heavy atom. The molecule has 1 aromatic heterocycles. The molecule has 7 nitrogen and oxygen atoms in total. The number of nitro groups is 1. The second-order valence-corrected chi connectivity index (χ2v) is 4.91. The maximum atomic E-state index is 12.0. The van der Waals surface area contributed by atoms with Crippen molar-refractivity contribution in [3.05, 3.63) is 63.6 Å². The van der Waals surface area contributed by atoms with Crippen molar-refractivity contribution in [1.29, 1.82) is 0 Å². The van der Waals surface area contributed by atoms with Gasteiger partial charge in [-0.1, -0.05) is 0 Å². The predicted octanol–water partition coefficient (Wildman–Crippen LogP) is 2.66. The van der Waals surface area contributed by atoms with Crippen LogP contribution in [-0.2, 0) is 6.42 Å². The van der Waals surface area contributed by atoms with Crippen LogP contribution in [0, 0.1) is 10.1 Å². The standard InChI is InChI=1S/C15H13N3O4/c19-15(10-4-6-11(7-5-10)18(20)21)17-16-13-2-1-3-14-12(13)8-9-22-14/h4-9H,1-3H2,(H,17,19). The van der Waals surface area contributed by atoms with Crippen LogP contribution in [0.25, 0.3) is 0 Å². The van der Waals surface area contributed by atoms with Gasteiger partial charge in [0.15, 0.2) is 0 Å². The Kier molecular flexibility index (Phi) is 3.69. The van der Waals surface area contributed by atoms with Gasteiger partial charge in [0.1, 0.15) is 5.76 Å². The lowest BCUT2D eigenvalue weighted by molar-refractivity contribution is -0.384. The lowest BCUT2D eigenvalue weighted by Gasteiger charge is -2.12. The molecule has 0 bridgehead atoms. The maximum Gasteiger partial charge on any atom is 0.271 e. The van der Waals surface area contributed by atoms with Crippen molar-refractivity contribution in [2.24, 2.45) is 5.10 Å². The fourth-order valence-electron chi connectivity index (χ4n) is 2.38. The smallest absolute Gasteiger partial charge is 0.271 e. The molecule has 1 N–H and O–H groups in total. The maximum absolute atomic E-state index is 12.0. The van der Waals surface area contributed by atoms with E-state index in [1.165, 1.54) is 24.3 Å². The minimum Gasteiger partial charge on any atom is -0.469 e. The first kappa shape index (κ1) is 14.0. The molecule has 112 valence electrons. The van der Waals surface area contributed by atoms with Gasteiger partial charge in [-0.15, -0.1) is 0 Å². The zero-order valence-corrected chi connectivity index (χ0v) is 11.6. The van der Waals surface area contributed by atoms with Crippen molar-refractivity contribution in [2.45, 2.75) is 19.3 Å². The molecular formula is C15H13N3O4. The monoisotopic (exact) mass is 299 g/mol. The van der Waals surface area contributed by atoms with E-state index in [-0.39, 0.29) is 5.69 Å². The minimum absolute atomic E-state index is 0.0572. The summed E-state index contributed by atoms with van der Waals surface area (Å²) in [6, 6.07) is 7.22. The summed E-state index contributed by atoms with van der Waals surface area (Å²) in [6.45, 7) is 0. The highest BCUT2D eigenvalue weighted by molar-refractivity contribution is 6.03. The van der Waals surface area contributed by atoms with E-state index in [0.717, 1.165) is 36.3 Å². The molecule has 0 spiro atoms. The molecule has 1 amide bonds. The van der Waals surface area contributed by atoms with Crippen LogP contribution in [0.3, 0.4) is 0 Å². The fourth-order valence-corrected chi connectivity index (χ4v) is 2.38. The second-order valence-electron chi connectivity index (χ2n) is 4.91. The van der Waals surface area contributed by atoms with Gasteiger partial charge in [0.25, 0.3) is 11.6 Å². The largest absolute Gasteiger partial charge is 0.469 e. The lowest BCUT2D eigenvalue weighted by atomic mass is 9.97. The van der Waals surface area contributed by atoms with Crippen molar-refractivity contribution in [2.75, 3.05) is 0 Å². The Labute approximate surface area is 125 Å². The molecule has 0 saturated carbocycles. The van der Waals surface area contributed by atoms with Crippen LogP contribution in [0.4, 0.5) is 5.69 Å². The molecule has 2 aromatic rings. The van der Waals surface area contributed by atoms with Gasteiger partial charge in [-0.2, -0.15) is 5.10 Å². The number of furan rings is 1. The Morgan fingerprint density at radius 3 is 2.73 bits per heavy atom. The number of amides is 1. The third kappa shape index (κ3) is 2.73. The number of nitro benzene ring substituents is 1. The number of hydrazone groups is 1. The third-order valence-electron chi connectivity index (χ3n) is 3.51. The van der Waals surface area contributed by atoms with E-state index in [2.05, 4.69) is 10.5 Å². The summed E-state index contributed by atoms with van der Waals surface area (Å²) >= 11 is 0. The van der Waals surface area contributed by atoms with E-state index in [1.807, 2.05) is 6.07 Å². The van der Waals surface area contributed by atoms with E-state index in [9.17, 15) is 14.9 Å². The molecule has 1 aliphatic rings. The number of fused-ring (bicyclic) bond motifs is 1. The first-order chi connectivity index (χ1) is 10.6. The highest BCUT2D eigenvalue weighted by atomic mass is 16.6. The number of nitrogens with zero attached hydrogens (tertiary/aromatic N) is 2. The molecule has 0 unspecified atom stereocenters. The van der Waals surface area contributed by atoms with Crippen molar-refractivity contribution in [3.8, 4) is 0 Å². The van der Waals surface area contributed by atoms with E-state index in [0.29, 0.717) is 5.56 Å². The van der Waals surface area contributed by atoms with E-state index in [1.54, 1.807) is 6.26 Å². The van der Waals surface area contributed by atoms with Gasteiger partial charge in [-0.3, -0.25) is 14.9 Å². The number of nitrogens with one attached hydrogen (secondary N) is 1. The molecule has 1 aromatic carbocycles. The quantitative estimate of drug-likeness (QED) is 0.695. The number of hydrogen-bond donors (Lipinski definition) is 1. The zero-order valence-electron chi connectivity index (χ0n) is 11.6. The number of non-ortho nitro benzene ring substituents is 1. The van der Waals surface area contributed by atoms with Gasteiger partial charge in [0, 0.05) is 29.7 Å². The van der Waals surface area contributed by atoms with Crippen LogP contribution in [0.5, 0.6) is 0 Å². The zero-order chi connectivity index (χ0) is 15.5. The van der Waals surface area contributed by atoms with Crippen LogP contribution in [0.1, 0.15) is 34.5 Å². The summed E-state index contributed by atoms with van der Waals surface area (Å²) in [5.41, 5.74) is 4.45. The number of carbonyl (C=O) groups excluding carboxylic acids is 1. The summed E-state index contributed by atoms with van der Waals surface area (Å²) in [5, 5.41) is 14.7. The number of aryl methyl sites for hydroxylation is 1. The predicted molar refractivity (Wildman–Crippen MR) is 78.7 cm³/mol. The number of rotatable bonds is 3. The van der Waals surface area contributed by atoms with Gasteiger partial charge >= 0.3 is 0 Å². The van der Waals surface area contributed by atoms with Gasteiger partial charge in [0.05, 0.1) is 16.9 Å². The molecule has 0 saturated heterocycles. The summed E-state index contributed by atoms with van der Waals surface area (Å²) in [6.07, 6.45) is 4.18. The number of hydrogen-bond acceptors (Lipinski definition) is 5. The average Bonchev–Trinajstić information content (AvgIpc) is 3.01. The van der Waals surface area contributed by atoms with Crippen LogP contribution in [0.15, 0.2) is 46.1 Å². The molecule has 0 aliphatic heterocycles. The number of carbonyl (C=O) groups is 1. The van der Waals surface area contributed by atoms with Gasteiger partial charge in [-0.05, 0) is 31.0 Å². The van der Waals surface area contributed by atoms with Crippen LogP contribution >= 0.6 is 0 Å². The Hall–Kier alpha value is -2.96. The summed E-state index contributed by atoms with van der Waals surface area (Å²) in [4.78, 5) is 22.1. The van der Waals surface area contributed by atoms with Crippen LogP contribution in [-0.4, -0.2) is 16.5 Å². The topological polar surface area (TPSA) is 97.7 Å². The Bertz CT molecular complexity index is 746. The first-order valence-corrected chi connectivity index (χ1v) is 6.83. The molecule has 7 heteroatoms. The van der Waals surface area contributed by atoms with Crippen molar-refractivity contribution < 1.29 is 14.1 Å². The molecule has 1 aliphatic carbocycles. The Morgan fingerprint density at radius 2 is 2.00 bits per heavy atom. The summed E-state index contributed by atoms with van der Waals surface area (Å²) in [7, 11) is 0. The Balaban J connectivity index is 1.73. The second kappa shape index (κ2) is 5.80. The van der Waals surface area contributed by atoms with Crippen LogP contribution < -0.4 is 5.43 Å². The minimum atomic E-state index is -0.510. The molecular weight excluding hydrogens is 286 g/mol. The van der Waals surface area contributed by atoms with Crippen molar-refractivity contribution in [1.82, 2.24) is 5.43 Å². The van der Waals surface area contributed by atoms with Gasteiger partial charge < -0.3 is 4.42 Å². The molecule has 0 atom stereocenters. The highest BCUT2D eigenvalue weighted by Gasteiger charge is 2.18. The molecule has 22 heavy (non-hydrogen) atoms. The summed E-state index contributed by atoms with van der Waals surface area (Å²) < 4.78 is 5.36. The summed E-state index contributed by atoms with van der Waals surface area (Å²) in [5.74, 6) is 0.479. The SMILES string of the molecule is O=C(NN=C1CCCc2occc21)c1ccc([N+](=O)[O-])cc1. The highest BCUT2D eigenvalue weighted by Crippen LogP contribution is 2.22. The van der Waals surface area contributed by atoms with Crippen LogP contribution in [0.2, 0.25) is 0 Å². The molecule has 0 radical (unpaired) electrons. The fraction of sp³-hybridized carbons (Fsp3) is 0.200. The van der Waals surface area contributed by atoms with E-state index in [4.69, 9.17) is 4.42 Å². The van der Waals surface area contributed by atoms with Gasteiger partial charge in [-0.25, -0.2) is 5.43 Å². The molecule has 3 rings (SSSR count). The average molecular weight is 299 g/mol. The molecule has 1 heterocycles. The lowest BCUT2D eigenvalue weighted by Crippen LogP contribution is -2.21. The van der Waals surface area contributed by atoms with E-state index < -0.39 is 10.8 Å². The van der Waals surface area contributed by atoms with Gasteiger partial charge in [0.2, 0.25) is 0 Å². The van der Waals surface area contributed by atoms with Crippen molar-refractivity contribution in [3.63, 3.8) is 0 Å². The van der Waals surface area contributed by atoms with E-state index >= 15 is 0 Å². The molecule has 0 fully saturated rings. The third-order valence-corrected chi connectivity index (χ3v) is 3.51. The number of benzene rings is 1. The normalized spacial score (nSPS) is 15.4.